The van der Waals surface area contributed by atoms with E-state index in [1.54, 1.807) is 0 Å². The average Bonchev–Trinajstić information content (AvgIpc) is 3.29. The van der Waals surface area contributed by atoms with Crippen molar-refractivity contribution in [1.82, 2.24) is 10.2 Å². The molecule has 2 amide bonds. The van der Waals surface area contributed by atoms with Crippen molar-refractivity contribution in [3.63, 3.8) is 0 Å². The maximum absolute atomic E-state index is 12.4. The summed E-state index contributed by atoms with van der Waals surface area (Å²) in [4.78, 5) is 38.0. The number of hydrogen-bond donors (Lipinski definition) is 2. The number of benzene rings is 1. The van der Waals surface area contributed by atoms with Crippen molar-refractivity contribution in [3.8, 4) is 0 Å². The second kappa shape index (κ2) is 6.41. The van der Waals surface area contributed by atoms with Crippen LogP contribution < -0.4 is 5.32 Å². The molecule has 1 aromatic rings. The zero-order chi connectivity index (χ0) is 18.3. The summed E-state index contributed by atoms with van der Waals surface area (Å²) in [6.07, 6.45) is 3.28. The Morgan fingerprint density at radius 2 is 1.96 bits per heavy atom. The molecule has 1 aliphatic heterocycles. The maximum Gasteiger partial charge on any atom is 0.310 e. The van der Waals surface area contributed by atoms with Crippen LogP contribution in [0.15, 0.2) is 30.3 Å². The third-order valence-corrected chi connectivity index (χ3v) is 6.17. The van der Waals surface area contributed by atoms with Gasteiger partial charge in [0.1, 0.15) is 0 Å². The van der Waals surface area contributed by atoms with Crippen LogP contribution in [0, 0.1) is 5.41 Å². The topological polar surface area (TPSA) is 86.7 Å². The number of amides is 2. The number of rotatable bonds is 6. The molecule has 2 N–H and O–H groups in total. The van der Waals surface area contributed by atoms with Crippen LogP contribution in [0.1, 0.15) is 50.0 Å². The van der Waals surface area contributed by atoms with Crippen LogP contribution in [0.2, 0.25) is 0 Å². The highest BCUT2D eigenvalue weighted by Gasteiger charge is 2.49. The van der Waals surface area contributed by atoms with Gasteiger partial charge in [0.2, 0.25) is 11.8 Å². The number of aliphatic carboxylic acids is 1. The number of carboxylic acids is 1. The minimum Gasteiger partial charge on any atom is -0.481 e. The molecule has 3 unspecified atom stereocenters. The lowest BCUT2D eigenvalue weighted by Crippen LogP contribution is -2.45. The second-order valence-corrected chi connectivity index (χ2v) is 7.95. The molecule has 26 heavy (non-hydrogen) atoms. The van der Waals surface area contributed by atoms with Crippen molar-refractivity contribution in [2.45, 2.75) is 56.5 Å². The van der Waals surface area contributed by atoms with Gasteiger partial charge in [-0.25, -0.2) is 0 Å². The monoisotopic (exact) mass is 356 g/mol. The standard InChI is InChI=1S/C20H24N2O4/c23-17(11-20(19(25)26)7-4-8-20)21-14-9-18(24)22(12-14)16-10-15(16)13-5-2-1-3-6-13/h1-3,5-6,14-16H,4,7-12H2,(H,21,23)(H,25,26). The number of nitrogens with zero attached hydrogens (tertiary/aromatic N) is 1. The molecule has 1 aromatic carbocycles. The van der Waals surface area contributed by atoms with E-state index in [0.717, 1.165) is 12.8 Å². The van der Waals surface area contributed by atoms with Crippen molar-refractivity contribution >= 4 is 17.8 Å². The van der Waals surface area contributed by atoms with E-state index < -0.39 is 11.4 Å². The first-order valence-corrected chi connectivity index (χ1v) is 9.36. The van der Waals surface area contributed by atoms with Gasteiger partial charge in [0, 0.05) is 31.3 Å². The molecule has 1 saturated heterocycles. The molecule has 2 aliphatic carbocycles. The van der Waals surface area contributed by atoms with E-state index in [2.05, 4.69) is 17.4 Å². The van der Waals surface area contributed by atoms with Crippen LogP contribution >= 0.6 is 0 Å². The van der Waals surface area contributed by atoms with Crippen molar-refractivity contribution in [3.05, 3.63) is 35.9 Å². The van der Waals surface area contributed by atoms with Gasteiger partial charge in [0.15, 0.2) is 0 Å². The van der Waals surface area contributed by atoms with Crippen LogP contribution in [0.4, 0.5) is 0 Å². The molecule has 4 rings (SSSR count). The van der Waals surface area contributed by atoms with Crippen molar-refractivity contribution in [1.29, 1.82) is 0 Å². The molecule has 2 saturated carbocycles. The van der Waals surface area contributed by atoms with Gasteiger partial charge in [-0.2, -0.15) is 0 Å². The van der Waals surface area contributed by atoms with Crippen molar-refractivity contribution in [2.24, 2.45) is 5.41 Å². The van der Waals surface area contributed by atoms with E-state index in [1.165, 1.54) is 5.56 Å². The number of carboxylic acid groups (broad SMARTS) is 1. The summed E-state index contributed by atoms with van der Waals surface area (Å²) in [5.41, 5.74) is 0.368. The Balaban J connectivity index is 1.31. The van der Waals surface area contributed by atoms with Gasteiger partial charge in [-0.3, -0.25) is 14.4 Å². The van der Waals surface area contributed by atoms with Crippen LogP contribution in [0.5, 0.6) is 0 Å². The summed E-state index contributed by atoms with van der Waals surface area (Å²) in [7, 11) is 0. The Kier molecular flexibility index (Phi) is 4.21. The van der Waals surface area contributed by atoms with Crippen molar-refractivity contribution in [2.75, 3.05) is 6.54 Å². The maximum atomic E-state index is 12.4. The Hall–Kier alpha value is -2.37. The van der Waals surface area contributed by atoms with Gasteiger partial charge in [-0.1, -0.05) is 36.8 Å². The van der Waals surface area contributed by atoms with E-state index in [1.807, 2.05) is 23.1 Å². The zero-order valence-corrected chi connectivity index (χ0v) is 14.7. The Morgan fingerprint density at radius 1 is 1.23 bits per heavy atom. The van der Waals surface area contributed by atoms with E-state index in [-0.39, 0.29) is 30.3 Å². The number of likely N-dealkylation sites (tertiary alicyclic amines) is 1. The Bertz CT molecular complexity index is 729. The fourth-order valence-corrected chi connectivity index (χ4v) is 4.39. The summed E-state index contributed by atoms with van der Waals surface area (Å²) in [6.45, 7) is 0.526. The van der Waals surface area contributed by atoms with Gasteiger partial charge in [0.25, 0.3) is 0 Å². The number of hydrogen-bond acceptors (Lipinski definition) is 3. The Morgan fingerprint density at radius 3 is 2.58 bits per heavy atom. The smallest absolute Gasteiger partial charge is 0.310 e. The largest absolute Gasteiger partial charge is 0.481 e. The SMILES string of the molecule is O=C(CC1(C(=O)O)CCC1)NC1CC(=O)N(C2CC2c2ccccc2)C1. The van der Waals surface area contributed by atoms with E-state index >= 15 is 0 Å². The first-order chi connectivity index (χ1) is 12.5. The lowest BCUT2D eigenvalue weighted by Gasteiger charge is -2.37. The first kappa shape index (κ1) is 17.1. The van der Waals surface area contributed by atoms with Gasteiger partial charge < -0.3 is 15.3 Å². The minimum absolute atomic E-state index is 0.0170. The summed E-state index contributed by atoms with van der Waals surface area (Å²) in [5.74, 6) is -0.663. The number of nitrogens with one attached hydrogen (secondary N) is 1. The normalized spacial score (nSPS) is 29.2. The van der Waals surface area contributed by atoms with Crippen LogP contribution in [0.3, 0.4) is 0 Å². The molecule has 3 aliphatic rings. The highest BCUT2D eigenvalue weighted by atomic mass is 16.4. The van der Waals surface area contributed by atoms with Crippen molar-refractivity contribution < 1.29 is 19.5 Å². The lowest BCUT2D eigenvalue weighted by atomic mass is 9.66. The molecular weight excluding hydrogens is 332 g/mol. The molecule has 0 radical (unpaired) electrons. The van der Waals surface area contributed by atoms with Gasteiger partial charge in [-0.15, -0.1) is 0 Å². The second-order valence-electron chi connectivity index (χ2n) is 7.95. The Labute approximate surface area is 152 Å². The van der Waals surface area contributed by atoms with E-state index in [9.17, 15) is 19.5 Å². The third kappa shape index (κ3) is 3.08. The quantitative estimate of drug-likeness (QED) is 0.815. The van der Waals surface area contributed by atoms with E-state index in [0.29, 0.717) is 31.7 Å². The predicted octanol–water partition coefficient (Wildman–Crippen LogP) is 1.90. The highest BCUT2D eigenvalue weighted by molar-refractivity contribution is 5.87. The summed E-state index contributed by atoms with van der Waals surface area (Å²) >= 11 is 0. The lowest BCUT2D eigenvalue weighted by molar-refractivity contribution is -0.157. The zero-order valence-electron chi connectivity index (χ0n) is 14.7. The number of carbonyl (C=O) groups is 3. The highest BCUT2D eigenvalue weighted by Crippen LogP contribution is 2.46. The molecule has 3 atom stereocenters. The fourth-order valence-electron chi connectivity index (χ4n) is 4.39. The molecule has 0 aromatic heterocycles. The third-order valence-electron chi connectivity index (χ3n) is 6.17. The van der Waals surface area contributed by atoms with Crippen LogP contribution in [0.25, 0.3) is 0 Å². The molecule has 6 nitrogen and oxygen atoms in total. The molecular formula is C20H24N2O4. The van der Waals surface area contributed by atoms with Gasteiger partial charge >= 0.3 is 5.97 Å². The molecule has 138 valence electrons. The summed E-state index contributed by atoms with van der Waals surface area (Å²) in [6, 6.07) is 10.2. The first-order valence-electron chi connectivity index (χ1n) is 9.36. The fraction of sp³-hybridized carbons (Fsp3) is 0.550. The predicted molar refractivity (Wildman–Crippen MR) is 94.4 cm³/mol. The summed E-state index contributed by atoms with van der Waals surface area (Å²) in [5, 5.41) is 12.2. The molecule has 1 heterocycles. The van der Waals surface area contributed by atoms with Crippen LogP contribution in [-0.4, -0.2) is 46.4 Å². The molecule has 3 fully saturated rings. The molecule has 0 bridgehead atoms. The average molecular weight is 356 g/mol. The molecule has 6 heteroatoms. The minimum atomic E-state index is -0.888. The molecule has 0 spiro atoms. The summed E-state index contributed by atoms with van der Waals surface area (Å²) < 4.78 is 0. The number of carbonyl (C=O) groups excluding carboxylic acids is 2. The van der Waals surface area contributed by atoms with Gasteiger partial charge in [-0.05, 0) is 24.8 Å². The van der Waals surface area contributed by atoms with E-state index in [4.69, 9.17) is 0 Å². The van der Waals surface area contributed by atoms with Gasteiger partial charge in [0.05, 0.1) is 11.5 Å². The van der Waals surface area contributed by atoms with Crippen LogP contribution in [-0.2, 0) is 14.4 Å².